The van der Waals surface area contributed by atoms with Crippen LogP contribution < -0.4 is 10.6 Å². The van der Waals surface area contributed by atoms with Gasteiger partial charge in [-0.15, -0.1) is 0 Å². The number of benzene rings is 1. The molecule has 5 heteroatoms. The Morgan fingerprint density at radius 3 is 2.36 bits per heavy atom. The molecule has 0 aliphatic carbocycles. The molecule has 1 saturated heterocycles. The van der Waals surface area contributed by atoms with E-state index in [2.05, 4.69) is 15.4 Å². The normalized spacial score (nSPS) is 14.1. The fourth-order valence-electron chi connectivity index (χ4n) is 1.77. The van der Waals surface area contributed by atoms with Crippen molar-refractivity contribution >= 4 is 12.4 Å². The second-order valence-electron chi connectivity index (χ2n) is 6.32. The Morgan fingerprint density at radius 1 is 1.32 bits per heavy atom. The third-order valence-corrected chi connectivity index (χ3v) is 3.07. The lowest BCUT2D eigenvalue weighted by molar-refractivity contribution is -0.138. The molecule has 1 aromatic carbocycles. The van der Waals surface area contributed by atoms with E-state index >= 15 is 0 Å². The highest BCUT2D eigenvalue weighted by molar-refractivity contribution is 5.76. The maximum absolute atomic E-state index is 11.5. The van der Waals surface area contributed by atoms with Crippen molar-refractivity contribution in [1.82, 2.24) is 10.6 Å². The lowest BCUT2D eigenvalue weighted by Crippen LogP contribution is -2.44. The number of carbonyl (C=O) groups excluding carboxylic acids is 2. The van der Waals surface area contributed by atoms with E-state index in [0.29, 0.717) is 25.4 Å². The summed E-state index contributed by atoms with van der Waals surface area (Å²) in [5.41, 5.74) is 0.833. The molecule has 22 heavy (non-hydrogen) atoms. The summed E-state index contributed by atoms with van der Waals surface area (Å²) in [4.78, 5) is 21.1. The van der Waals surface area contributed by atoms with Gasteiger partial charge in [-0.3, -0.25) is 9.59 Å². The van der Waals surface area contributed by atoms with Crippen LogP contribution in [0.1, 0.15) is 32.8 Å². The fourth-order valence-corrected chi connectivity index (χ4v) is 1.77. The SMILES string of the molecule is CC(C)(C)OC=O.O=C(CC1CNC1)NCc1ccccc1. The smallest absolute Gasteiger partial charge is 0.293 e. The number of nitrogens with one attached hydrogen (secondary N) is 2. The van der Waals surface area contributed by atoms with Crippen LogP contribution >= 0.6 is 0 Å². The molecule has 1 fully saturated rings. The van der Waals surface area contributed by atoms with Crippen LogP contribution in [0, 0.1) is 5.92 Å². The molecular weight excluding hydrogens is 280 g/mol. The Labute approximate surface area is 132 Å². The van der Waals surface area contributed by atoms with Crippen molar-refractivity contribution in [3.63, 3.8) is 0 Å². The molecule has 5 nitrogen and oxygen atoms in total. The van der Waals surface area contributed by atoms with Gasteiger partial charge in [0.15, 0.2) is 0 Å². The number of ether oxygens (including phenoxy) is 1. The van der Waals surface area contributed by atoms with Crippen molar-refractivity contribution in [1.29, 1.82) is 0 Å². The van der Waals surface area contributed by atoms with E-state index in [1.165, 1.54) is 0 Å². The van der Waals surface area contributed by atoms with Crippen LogP contribution in [0.15, 0.2) is 30.3 Å². The maximum Gasteiger partial charge on any atom is 0.293 e. The van der Waals surface area contributed by atoms with Crippen molar-refractivity contribution in [2.75, 3.05) is 13.1 Å². The van der Waals surface area contributed by atoms with Gasteiger partial charge >= 0.3 is 0 Å². The molecule has 1 heterocycles. The molecule has 2 rings (SSSR count). The van der Waals surface area contributed by atoms with Gasteiger partial charge in [-0.2, -0.15) is 0 Å². The molecule has 1 amide bonds. The van der Waals surface area contributed by atoms with Crippen LogP contribution in [0.3, 0.4) is 0 Å². The highest BCUT2D eigenvalue weighted by atomic mass is 16.5. The van der Waals surface area contributed by atoms with Crippen LogP contribution in [0.5, 0.6) is 0 Å². The summed E-state index contributed by atoms with van der Waals surface area (Å²) in [7, 11) is 0. The standard InChI is InChI=1S/C12H16N2O.C5H10O2/c15-12(6-11-7-13-8-11)14-9-10-4-2-1-3-5-10;1-5(2,3)7-4-6/h1-5,11,13H,6-9H2,(H,14,15);4H,1-3H3. The zero-order valence-corrected chi connectivity index (χ0v) is 13.6. The lowest BCUT2D eigenvalue weighted by atomic mass is 9.99. The van der Waals surface area contributed by atoms with Crippen LogP contribution in [-0.2, 0) is 20.9 Å². The summed E-state index contributed by atoms with van der Waals surface area (Å²) in [6.45, 7) is 8.53. The van der Waals surface area contributed by atoms with Gasteiger partial charge in [-0.25, -0.2) is 0 Å². The molecule has 1 aromatic rings. The Hall–Kier alpha value is -1.88. The lowest BCUT2D eigenvalue weighted by Gasteiger charge is -2.26. The van der Waals surface area contributed by atoms with Crippen LogP contribution in [-0.4, -0.2) is 31.1 Å². The Morgan fingerprint density at radius 2 is 1.95 bits per heavy atom. The summed E-state index contributed by atoms with van der Waals surface area (Å²) in [5.74, 6) is 0.700. The van der Waals surface area contributed by atoms with Crippen molar-refractivity contribution in [2.45, 2.75) is 39.3 Å². The summed E-state index contributed by atoms with van der Waals surface area (Å²) in [5, 5.41) is 6.09. The predicted molar refractivity (Wildman–Crippen MR) is 86.2 cm³/mol. The molecule has 122 valence electrons. The highest BCUT2D eigenvalue weighted by Crippen LogP contribution is 2.07. The molecule has 0 spiro atoms. The Kier molecular flexibility index (Phi) is 7.60. The minimum atomic E-state index is -0.318. The molecule has 2 N–H and O–H groups in total. The third kappa shape index (κ3) is 8.42. The number of amides is 1. The van der Waals surface area contributed by atoms with E-state index in [1.807, 2.05) is 51.1 Å². The maximum atomic E-state index is 11.5. The summed E-state index contributed by atoms with van der Waals surface area (Å²) in [6, 6.07) is 9.98. The van der Waals surface area contributed by atoms with Gasteiger partial charge in [0.2, 0.25) is 5.91 Å². The predicted octanol–water partition coefficient (Wildman–Crippen LogP) is 1.87. The van der Waals surface area contributed by atoms with Crippen LogP contribution in [0.25, 0.3) is 0 Å². The summed E-state index contributed by atoms with van der Waals surface area (Å²) < 4.78 is 4.55. The minimum Gasteiger partial charge on any atom is -0.462 e. The van der Waals surface area contributed by atoms with Crippen LogP contribution in [0.2, 0.25) is 0 Å². The average Bonchev–Trinajstić information content (AvgIpc) is 2.41. The zero-order chi connectivity index (χ0) is 16.4. The molecule has 0 aromatic heterocycles. The van der Waals surface area contributed by atoms with Gasteiger partial charge in [0.05, 0.1) is 0 Å². The fraction of sp³-hybridized carbons (Fsp3) is 0.529. The second kappa shape index (κ2) is 9.20. The molecule has 0 atom stereocenters. The van der Waals surface area contributed by atoms with Crippen molar-refractivity contribution in [2.24, 2.45) is 5.92 Å². The second-order valence-corrected chi connectivity index (χ2v) is 6.32. The number of hydrogen-bond acceptors (Lipinski definition) is 4. The van der Waals surface area contributed by atoms with Gasteiger partial charge in [-0.05, 0) is 45.3 Å². The minimum absolute atomic E-state index is 0.158. The number of rotatable bonds is 5. The van der Waals surface area contributed by atoms with Gasteiger partial charge in [-0.1, -0.05) is 30.3 Å². The van der Waals surface area contributed by atoms with Crippen molar-refractivity contribution in [3.8, 4) is 0 Å². The molecule has 0 bridgehead atoms. The average molecular weight is 306 g/mol. The van der Waals surface area contributed by atoms with E-state index in [9.17, 15) is 9.59 Å². The molecule has 1 aliphatic rings. The van der Waals surface area contributed by atoms with E-state index in [-0.39, 0.29) is 11.5 Å². The first-order valence-electron chi connectivity index (χ1n) is 7.53. The first kappa shape index (κ1) is 18.2. The van der Waals surface area contributed by atoms with Crippen molar-refractivity contribution < 1.29 is 14.3 Å². The molecule has 0 unspecified atom stereocenters. The van der Waals surface area contributed by atoms with E-state index in [1.54, 1.807) is 0 Å². The molecular formula is C17H26N2O3. The molecule has 1 aliphatic heterocycles. The van der Waals surface area contributed by atoms with Crippen LogP contribution in [0.4, 0.5) is 0 Å². The Balaban J connectivity index is 0.000000295. The summed E-state index contributed by atoms with van der Waals surface area (Å²) in [6.07, 6.45) is 0.653. The summed E-state index contributed by atoms with van der Waals surface area (Å²) >= 11 is 0. The van der Waals surface area contributed by atoms with Gasteiger partial charge in [0.1, 0.15) is 5.60 Å². The first-order valence-corrected chi connectivity index (χ1v) is 7.53. The first-order chi connectivity index (χ1) is 10.4. The third-order valence-electron chi connectivity index (χ3n) is 3.07. The van der Waals surface area contributed by atoms with E-state index in [0.717, 1.165) is 18.7 Å². The van der Waals surface area contributed by atoms with E-state index < -0.39 is 0 Å². The zero-order valence-electron chi connectivity index (χ0n) is 13.6. The molecule has 0 radical (unpaired) electrons. The number of hydrogen-bond donors (Lipinski definition) is 2. The quantitative estimate of drug-likeness (QED) is 0.815. The van der Waals surface area contributed by atoms with Crippen molar-refractivity contribution in [3.05, 3.63) is 35.9 Å². The largest absolute Gasteiger partial charge is 0.462 e. The molecule has 0 saturated carbocycles. The highest BCUT2D eigenvalue weighted by Gasteiger charge is 2.19. The van der Waals surface area contributed by atoms with Gasteiger partial charge < -0.3 is 15.4 Å². The number of carbonyl (C=O) groups is 2. The van der Waals surface area contributed by atoms with Gasteiger partial charge in [0.25, 0.3) is 6.47 Å². The van der Waals surface area contributed by atoms with E-state index in [4.69, 9.17) is 0 Å². The Bertz CT molecular complexity index is 451. The topological polar surface area (TPSA) is 67.4 Å². The monoisotopic (exact) mass is 306 g/mol. The van der Waals surface area contributed by atoms with Gasteiger partial charge in [0, 0.05) is 13.0 Å².